The van der Waals surface area contributed by atoms with Gasteiger partial charge in [-0.25, -0.2) is 0 Å². The summed E-state index contributed by atoms with van der Waals surface area (Å²) in [7, 11) is 0. The minimum atomic E-state index is 0.323. The first-order valence-corrected chi connectivity index (χ1v) is 8.85. The van der Waals surface area contributed by atoms with Gasteiger partial charge in [-0.15, -0.1) is 0 Å². The van der Waals surface area contributed by atoms with Crippen LogP contribution in [0.3, 0.4) is 0 Å². The highest BCUT2D eigenvalue weighted by atomic mass is 79.9. The van der Waals surface area contributed by atoms with Crippen LogP contribution in [-0.4, -0.2) is 12.8 Å². The lowest BCUT2D eigenvalue weighted by atomic mass is 9.93. The molecule has 0 radical (unpaired) electrons. The van der Waals surface area contributed by atoms with E-state index in [0.717, 1.165) is 28.4 Å². The highest BCUT2D eigenvalue weighted by Gasteiger charge is 2.20. The number of ether oxygens (including phenoxy) is 2. The second-order valence-electron chi connectivity index (χ2n) is 6.23. The van der Waals surface area contributed by atoms with Crippen LogP contribution in [0.25, 0.3) is 0 Å². The van der Waals surface area contributed by atoms with Crippen LogP contribution in [0, 0.1) is 5.92 Å². The van der Waals surface area contributed by atoms with Gasteiger partial charge < -0.3 is 14.8 Å². The Morgan fingerprint density at radius 2 is 1.95 bits per heavy atom. The average molecular weight is 354 g/mol. The number of hydrogen-bond acceptors (Lipinski definition) is 3. The topological polar surface area (TPSA) is 30.5 Å². The van der Waals surface area contributed by atoms with Crippen molar-refractivity contribution in [3.05, 3.63) is 22.2 Å². The van der Waals surface area contributed by atoms with Crippen molar-refractivity contribution in [3.8, 4) is 11.5 Å². The summed E-state index contributed by atoms with van der Waals surface area (Å²) in [5.74, 6) is 2.50. The Labute approximate surface area is 135 Å². The number of fused-ring (bicyclic) bond motifs is 1. The maximum Gasteiger partial charge on any atom is 0.231 e. The smallest absolute Gasteiger partial charge is 0.231 e. The van der Waals surface area contributed by atoms with Crippen molar-refractivity contribution in [2.45, 2.75) is 58.0 Å². The first kappa shape index (κ1) is 15.2. The van der Waals surface area contributed by atoms with E-state index in [-0.39, 0.29) is 0 Å². The third-order valence-corrected chi connectivity index (χ3v) is 5.31. The summed E-state index contributed by atoms with van der Waals surface area (Å²) in [5, 5.41) is 3.70. The van der Waals surface area contributed by atoms with Gasteiger partial charge in [-0.2, -0.15) is 0 Å². The number of rotatable bonds is 4. The third kappa shape index (κ3) is 3.72. The molecule has 1 saturated carbocycles. The molecular formula is C17H24BrNO2. The van der Waals surface area contributed by atoms with Crippen LogP contribution < -0.4 is 14.8 Å². The molecule has 3 nitrogen and oxygen atoms in total. The van der Waals surface area contributed by atoms with Crippen LogP contribution in [-0.2, 0) is 6.54 Å². The zero-order chi connectivity index (χ0) is 14.7. The molecule has 0 unspecified atom stereocenters. The summed E-state index contributed by atoms with van der Waals surface area (Å²) in [6.45, 7) is 3.54. The minimum absolute atomic E-state index is 0.323. The van der Waals surface area contributed by atoms with Crippen molar-refractivity contribution in [2.24, 2.45) is 5.92 Å². The van der Waals surface area contributed by atoms with E-state index >= 15 is 0 Å². The molecule has 0 amide bonds. The molecule has 116 valence electrons. The van der Waals surface area contributed by atoms with E-state index in [9.17, 15) is 0 Å². The normalized spacial score (nSPS) is 20.3. The quantitative estimate of drug-likeness (QED) is 0.800. The Kier molecular flexibility index (Phi) is 5.07. The van der Waals surface area contributed by atoms with Crippen LogP contribution in [0.5, 0.6) is 11.5 Å². The molecule has 1 N–H and O–H groups in total. The van der Waals surface area contributed by atoms with Crippen molar-refractivity contribution in [3.63, 3.8) is 0 Å². The van der Waals surface area contributed by atoms with Gasteiger partial charge in [0.05, 0.1) is 4.47 Å². The Bertz CT molecular complexity index is 484. The summed E-state index contributed by atoms with van der Waals surface area (Å²) < 4.78 is 11.9. The largest absolute Gasteiger partial charge is 0.454 e. The van der Waals surface area contributed by atoms with Gasteiger partial charge in [0.1, 0.15) is 0 Å². The number of benzene rings is 1. The van der Waals surface area contributed by atoms with Crippen molar-refractivity contribution in [1.82, 2.24) is 5.32 Å². The van der Waals surface area contributed by atoms with E-state index in [0.29, 0.717) is 12.8 Å². The maximum absolute atomic E-state index is 5.48. The van der Waals surface area contributed by atoms with E-state index in [1.807, 2.05) is 0 Å². The average Bonchev–Trinajstić information content (AvgIpc) is 2.79. The maximum atomic E-state index is 5.48. The Morgan fingerprint density at radius 1 is 1.19 bits per heavy atom. The molecule has 2 aliphatic rings. The molecule has 0 spiro atoms. The summed E-state index contributed by atoms with van der Waals surface area (Å²) >= 11 is 3.56. The lowest BCUT2D eigenvalue weighted by Gasteiger charge is -2.23. The predicted octanol–water partition coefficient (Wildman–Crippen LogP) is 4.63. The van der Waals surface area contributed by atoms with Crippen molar-refractivity contribution in [2.75, 3.05) is 6.79 Å². The first-order valence-electron chi connectivity index (χ1n) is 8.05. The molecule has 0 bridgehead atoms. The van der Waals surface area contributed by atoms with Crippen LogP contribution in [0.2, 0.25) is 0 Å². The highest BCUT2D eigenvalue weighted by Crippen LogP contribution is 2.40. The van der Waals surface area contributed by atoms with Gasteiger partial charge >= 0.3 is 0 Å². The van der Waals surface area contributed by atoms with Gasteiger partial charge in [0.2, 0.25) is 6.79 Å². The Hall–Kier alpha value is -0.740. The highest BCUT2D eigenvalue weighted by molar-refractivity contribution is 9.10. The van der Waals surface area contributed by atoms with Crippen LogP contribution in [0.1, 0.15) is 51.0 Å². The second-order valence-corrected chi connectivity index (χ2v) is 7.09. The molecule has 1 aliphatic carbocycles. The van der Waals surface area contributed by atoms with Gasteiger partial charge in [-0.3, -0.25) is 0 Å². The molecule has 1 atom stereocenters. The Balaban J connectivity index is 1.58. The second kappa shape index (κ2) is 7.01. The van der Waals surface area contributed by atoms with Crippen LogP contribution in [0.15, 0.2) is 16.6 Å². The van der Waals surface area contributed by atoms with Gasteiger partial charge in [-0.1, -0.05) is 25.7 Å². The summed E-state index contributed by atoms with van der Waals surface area (Å²) in [4.78, 5) is 0. The molecule has 3 rings (SSSR count). The first-order chi connectivity index (χ1) is 10.2. The van der Waals surface area contributed by atoms with Gasteiger partial charge in [0, 0.05) is 12.6 Å². The minimum Gasteiger partial charge on any atom is -0.454 e. The molecule has 1 aromatic rings. The summed E-state index contributed by atoms with van der Waals surface area (Å²) in [6, 6.07) is 4.78. The van der Waals surface area contributed by atoms with Gasteiger partial charge in [0.25, 0.3) is 0 Å². The van der Waals surface area contributed by atoms with Crippen molar-refractivity contribution >= 4 is 15.9 Å². The van der Waals surface area contributed by atoms with E-state index in [1.165, 1.54) is 44.1 Å². The lowest BCUT2D eigenvalue weighted by molar-refractivity contribution is 0.173. The van der Waals surface area contributed by atoms with E-state index in [2.05, 4.69) is 40.3 Å². The number of nitrogens with one attached hydrogen (secondary N) is 1. The van der Waals surface area contributed by atoms with E-state index in [1.54, 1.807) is 0 Å². The summed E-state index contributed by atoms with van der Waals surface area (Å²) in [6.07, 6.45) is 8.37. The standard InChI is InChI=1S/C17H24BrNO2/c1-12(14-6-4-2-3-5-7-14)19-10-13-8-15(18)17-16(9-13)20-11-21-17/h8-9,12,14,19H,2-7,10-11H2,1H3/t12-/m1/s1. The zero-order valence-electron chi connectivity index (χ0n) is 12.7. The summed E-state index contributed by atoms with van der Waals surface area (Å²) in [5.41, 5.74) is 1.24. The van der Waals surface area contributed by atoms with Gasteiger partial charge in [-0.05, 0) is 59.3 Å². The predicted molar refractivity (Wildman–Crippen MR) is 87.8 cm³/mol. The SMILES string of the molecule is C[C@@H](NCc1cc(Br)c2c(c1)OCO2)C1CCCCCC1. The van der Waals surface area contributed by atoms with E-state index < -0.39 is 0 Å². The molecule has 0 aromatic heterocycles. The lowest BCUT2D eigenvalue weighted by Crippen LogP contribution is -2.32. The number of halogens is 1. The fourth-order valence-corrected chi connectivity index (χ4v) is 3.98. The molecule has 1 fully saturated rings. The Morgan fingerprint density at radius 3 is 2.71 bits per heavy atom. The van der Waals surface area contributed by atoms with Crippen LogP contribution in [0.4, 0.5) is 0 Å². The van der Waals surface area contributed by atoms with Gasteiger partial charge in [0.15, 0.2) is 11.5 Å². The molecular weight excluding hydrogens is 330 g/mol. The molecule has 0 saturated heterocycles. The molecule has 1 aromatic carbocycles. The zero-order valence-corrected chi connectivity index (χ0v) is 14.2. The molecule has 1 heterocycles. The molecule has 4 heteroatoms. The van der Waals surface area contributed by atoms with Crippen LogP contribution >= 0.6 is 15.9 Å². The van der Waals surface area contributed by atoms with E-state index in [4.69, 9.17) is 9.47 Å². The molecule has 21 heavy (non-hydrogen) atoms. The van der Waals surface area contributed by atoms with Crippen molar-refractivity contribution < 1.29 is 9.47 Å². The fourth-order valence-electron chi connectivity index (χ4n) is 3.38. The number of hydrogen-bond donors (Lipinski definition) is 1. The third-order valence-electron chi connectivity index (χ3n) is 4.72. The monoisotopic (exact) mass is 353 g/mol. The molecule has 1 aliphatic heterocycles. The van der Waals surface area contributed by atoms with Crippen molar-refractivity contribution in [1.29, 1.82) is 0 Å². The fraction of sp³-hybridized carbons (Fsp3) is 0.647.